The van der Waals surface area contributed by atoms with Gasteiger partial charge in [0.1, 0.15) is 5.54 Å². The Balaban J connectivity index is 2.92. The molecule has 0 fully saturated rings. The van der Waals surface area contributed by atoms with Gasteiger partial charge in [0.25, 0.3) is 5.91 Å². The summed E-state index contributed by atoms with van der Waals surface area (Å²) in [4.78, 5) is 11.9. The molecule has 0 aliphatic heterocycles. The first kappa shape index (κ1) is 13.8. The number of nitrogens with one attached hydrogen (secondary N) is 1. The molecule has 1 aromatic carbocycles. The molecular formula is C13H16N2O3. The normalized spacial score (nSPS) is 13.2. The van der Waals surface area contributed by atoms with Crippen molar-refractivity contribution in [1.29, 1.82) is 5.26 Å². The number of nitriles is 1. The summed E-state index contributed by atoms with van der Waals surface area (Å²) in [5, 5.41) is 21.2. The highest BCUT2D eigenvalue weighted by atomic mass is 16.5. The highest BCUT2D eigenvalue weighted by molar-refractivity contribution is 5.95. The van der Waals surface area contributed by atoms with Crippen LogP contribution in [0.2, 0.25) is 0 Å². The van der Waals surface area contributed by atoms with Crippen LogP contribution in [0, 0.1) is 11.3 Å². The van der Waals surface area contributed by atoms with Crippen LogP contribution in [0.25, 0.3) is 0 Å². The fraction of sp³-hybridized carbons (Fsp3) is 0.385. The lowest BCUT2D eigenvalue weighted by atomic mass is 10.0. The summed E-state index contributed by atoms with van der Waals surface area (Å²) in [5.41, 5.74) is -0.629. The number of hydrogen-bond acceptors (Lipinski definition) is 4. The molecule has 0 saturated heterocycles. The largest absolute Gasteiger partial charge is 0.504 e. The average Bonchev–Trinajstić information content (AvgIpc) is 2.38. The van der Waals surface area contributed by atoms with Gasteiger partial charge in [-0.05, 0) is 31.5 Å². The lowest BCUT2D eigenvalue weighted by Gasteiger charge is -2.21. The van der Waals surface area contributed by atoms with Crippen molar-refractivity contribution in [1.82, 2.24) is 5.32 Å². The van der Waals surface area contributed by atoms with Gasteiger partial charge >= 0.3 is 0 Å². The molecule has 5 heteroatoms. The van der Waals surface area contributed by atoms with Crippen molar-refractivity contribution in [3.8, 4) is 17.6 Å². The molecule has 1 atom stereocenters. The zero-order valence-electron chi connectivity index (χ0n) is 10.7. The number of carbonyl (C=O) groups excluding carboxylic acids is 1. The molecule has 0 radical (unpaired) electrons. The molecule has 0 aliphatic rings. The van der Waals surface area contributed by atoms with Gasteiger partial charge in [-0.15, -0.1) is 0 Å². The maximum absolute atomic E-state index is 11.9. The van der Waals surface area contributed by atoms with Crippen molar-refractivity contribution in [2.45, 2.75) is 25.8 Å². The number of hydrogen-bond donors (Lipinski definition) is 2. The Morgan fingerprint density at radius 2 is 2.28 bits per heavy atom. The number of benzene rings is 1. The SMILES string of the molecule is CCC(C)(C#N)NC(=O)c1ccc(OC)c(O)c1. The van der Waals surface area contributed by atoms with E-state index in [0.29, 0.717) is 12.2 Å². The number of carbonyl (C=O) groups is 1. The van der Waals surface area contributed by atoms with Crippen molar-refractivity contribution in [3.63, 3.8) is 0 Å². The summed E-state index contributed by atoms with van der Waals surface area (Å²) in [6.07, 6.45) is 0.497. The Bertz CT molecular complexity index is 493. The zero-order valence-corrected chi connectivity index (χ0v) is 10.7. The zero-order chi connectivity index (χ0) is 13.8. The minimum Gasteiger partial charge on any atom is -0.504 e. The highest BCUT2D eigenvalue weighted by Crippen LogP contribution is 2.26. The van der Waals surface area contributed by atoms with Crippen LogP contribution in [0.3, 0.4) is 0 Å². The molecule has 2 N–H and O–H groups in total. The molecule has 0 aliphatic carbocycles. The van der Waals surface area contributed by atoms with Gasteiger partial charge in [-0.3, -0.25) is 4.79 Å². The molecule has 1 unspecified atom stereocenters. The van der Waals surface area contributed by atoms with Gasteiger partial charge in [-0.2, -0.15) is 5.26 Å². The first-order valence-corrected chi connectivity index (χ1v) is 5.56. The summed E-state index contributed by atoms with van der Waals surface area (Å²) in [7, 11) is 1.43. The third kappa shape index (κ3) is 2.92. The van der Waals surface area contributed by atoms with Crippen molar-refractivity contribution in [2.24, 2.45) is 0 Å². The highest BCUT2D eigenvalue weighted by Gasteiger charge is 2.24. The van der Waals surface area contributed by atoms with E-state index < -0.39 is 11.4 Å². The van der Waals surface area contributed by atoms with Gasteiger partial charge in [0.05, 0.1) is 13.2 Å². The van der Waals surface area contributed by atoms with Crippen LogP contribution in [0.1, 0.15) is 30.6 Å². The van der Waals surface area contributed by atoms with E-state index in [9.17, 15) is 9.90 Å². The number of phenols is 1. The van der Waals surface area contributed by atoms with Gasteiger partial charge in [-0.25, -0.2) is 0 Å². The van der Waals surface area contributed by atoms with Gasteiger partial charge in [-0.1, -0.05) is 6.92 Å². The molecule has 0 aromatic heterocycles. The summed E-state index contributed by atoms with van der Waals surface area (Å²) in [5.74, 6) is -0.218. The predicted octanol–water partition coefficient (Wildman–Crippen LogP) is 1.82. The number of phenolic OH excluding ortho intramolecular Hbond substituents is 1. The molecule has 0 bridgehead atoms. The summed E-state index contributed by atoms with van der Waals surface area (Å²) >= 11 is 0. The quantitative estimate of drug-likeness (QED) is 0.851. The maximum atomic E-state index is 11.9. The molecule has 1 aromatic rings. The van der Waals surface area contributed by atoms with E-state index in [2.05, 4.69) is 5.32 Å². The first-order valence-electron chi connectivity index (χ1n) is 5.56. The Morgan fingerprint density at radius 3 is 2.72 bits per heavy atom. The lowest BCUT2D eigenvalue weighted by Crippen LogP contribution is -2.44. The van der Waals surface area contributed by atoms with Gasteiger partial charge < -0.3 is 15.2 Å². The smallest absolute Gasteiger partial charge is 0.252 e. The average molecular weight is 248 g/mol. The van der Waals surface area contributed by atoms with Crippen LogP contribution < -0.4 is 10.1 Å². The summed E-state index contributed by atoms with van der Waals surface area (Å²) < 4.78 is 4.89. The van der Waals surface area contributed by atoms with Crippen LogP contribution in [0.15, 0.2) is 18.2 Å². The summed E-state index contributed by atoms with van der Waals surface area (Å²) in [6.45, 7) is 3.46. The fourth-order valence-corrected chi connectivity index (χ4v) is 1.35. The molecule has 0 heterocycles. The van der Waals surface area contributed by atoms with Gasteiger partial charge in [0, 0.05) is 5.56 Å². The second kappa shape index (κ2) is 5.41. The van der Waals surface area contributed by atoms with Crippen molar-refractivity contribution >= 4 is 5.91 Å². The monoisotopic (exact) mass is 248 g/mol. The van der Waals surface area contributed by atoms with Crippen LogP contribution in [-0.4, -0.2) is 23.7 Å². The fourth-order valence-electron chi connectivity index (χ4n) is 1.35. The number of ether oxygens (including phenoxy) is 1. The van der Waals surface area contributed by atoms with Crippen LogP contribution in [0.4, 0.5) is 0 Å². The van der Waals surface area contributed by atoms with E-state index in [1.807, 2.05) is 13.0 Å². The van der Waals surface area contributed by atoms with Crippen LogP contribution in [-0.2, 0) is 0 Å². The van der Waals surface area contributed by atoms with Crippen molar-refractivity contribution in [3.05, 3.63) is 23.8 Å². The third-order valence-corrected chi connectivity index (χ3v) is 2.78. The molecule has 18 heavy (non-hydrogen) atoms. The van der Waals surface area contributed by atoms with Crippen molar-refractivity contribution < 1.29 is 14.6 Å². The third-order valence-electron chi connectivity index (χ3n) is 2.78. The van der Waals surface area contributed by atoms with Gasteiger partial charge in [0.2, 0.25) is 0 Å². The maximum Gasteiger partial charge on any atom is 0.252 e. The molecule has 96 valence electrons. The molecule has 5 nitrogen and oxygen atoms in total. The molecule has 0 saturated carbocycles. The van der Waals surface area contributed by atoms with Gasteiger partial charge in [0.15, 0.2) is 11.5 Å². The minimum absolute atomic E-state index is 0.111. The molecule has 1 amide bonds. The minimum atomic E-state index is -0.910. The van der Waals surface area contributed by atoms with E-state index in [1.54, 1.807) is 6.92 Å². The predicted molar refractivity (Wildman–Crippen MR) is 66.4 cm³/mol. The Labute approximate surface area is 106 Å². The van der Waals surface area contributed by atoms with Crippen LogP contribution >= 0.6 is 0 Å². The Morgan fingerprint density at radius 1 is 1.61 bits per heavy atom. The second-order valence-electron chi connectivity index (χ2n) is 4.14. The second-order valence-corrected chi connectivity index (χ2v) is 4.14. The van der Waals surface area contributed by atoms with E-state index in [4.69, 9.17) is 10.00 Å². The molecular weight excluding hydrogens is 232 g/mol. The Kier molecular flexibility index (Phi) is 4.16. The molecule has 1 rings (SSSR count). The van der Waals surface area contributed by atoms with E-state index >= 15 is 0 Å². The first-order chi connectivity index (χ1) is 8.45. The standard InChI is InChI=1S/C13H16N2O3/c1-4-13(2,8-14)15-12(17)9-5-6-11(18-3)10(16)7-9/h5-7,16H,4H2,1-3H3,(H,15,17). The van der Waals surface area contributed by atoms with E-state index in [0.717, 1.165) is 0 Å². The van der Waals surface area contributed by atoms with E-state index in [-0.39, 0.29) is 11.3 Å². The van der Waals surface area contributed by atoms with Crippen molar-refractivity contribution in [2.75, 3.05) is 7.11 Å². The lowest BCUT2D eigenvalue weighted by molar-refractivity contribution is 0.0922. The van der Waals surface area contributed by atoms with Crippen LogP contribution in [0.5, 0.6) is 11.5 Å². The number of methoxy groups -OCH3 is 1. The molecule has 0 spiro atoms. The Hall–Kier alpha value is -2.22. The number of rotatable bonds is 4. The number of aromatic hydroxyl groups is 1. The number of amides is 1. The summed E-state index contributed by atoms with van der Waals surface area (Å²) in [6, 6.07) is 6.38. The number of nitrogens with zero attached hydrogens (tertiary/aromatic N) is 1. The topological polar surface area (TPSA) is 82.4 Å². The van der Waals surface area contributed by atoms with E-state index in [1.165, 1.54) is 25.3 Å².